The second-order valence-corrected chi connectivity index (χ2v) is 7.94. The van der Waals surface area contributed by atoms with E-state index in [1.54, 1.807) is 0 Å². The molecule has 1 spiro atoms. The first-order chi connectivity index (χ1) is 12.9. The van der Waals surface area contributed by atoms with Crippen molar-refractivity contribution in [3.63, 3.8) is 0 Å². The topological polar surface area (TPSA) is 64.1 Å². The van der Waals surface area contributed by atoms with Gasteiger partial charge in [-0.25, -0.2) is 0 Å². The Bertz CT molecular complexity index is 693. The molecule has 27 heavy (non-hydrogen) atoms. The number of piperazine rings is 1. The van der Waals surface area contributed by atoms with Crippen molar-refractivity contribution >= 4 is 11.9 Å². The van der Waals surface area contributed by atoms with Gasteiger partial charge in [0.25, 0.3) is 0 Å². The molecule has 1 unspecified atom stereocenters. The molecule has 0 radical (unpaired) electrons. The number of likely N-dealkylation sites (tertiary alicyclic amines) is 1. The number of carbonyl (C=O) groups excluding carboxylic acids is 1. The van der Waals surface area contributed by atoms with Crippen LogP contribution < -0.4 is 0 Å². The molecule has 0 saturated carbocycles. The molecule has 1 amide bonds. The minimum atomic E-state index is -0.936. The normalized spacial score (nSPS) is 25.0. The second-order valence-electron chi connectivity index (χ2n) is 7.94. The van der Waals surface area contributed by atoms with E-state index in [1.165, 1.54) is 16.0 Å². The molecule has 1 N–H and O–H groups in total. The Morgan fingerprint density at radius 1 is 1.15 bits per heavy atom. The van der Waals surface area contributed by atoms with Crippen molar-refractivity contribution in [2.24, 2.45) is 0 Å². The van der Waals surface area contributed by atoms with Crippen molar-refractivity contribution < 1.29 is 14.7 Å². The Labute approximate surface area is 161 Å². The number of hydrogen-bond acceptors (Lipinski definition) is 4. The summed E-state index contributed by atoms with van der Waals surface area (Å²) >= 11 is 0. The lowest BCUT2D eigenvalue weighted by atomic mass is 9.86. The van der Waals surface area contributed by atoms with Crippen LogP contribution in [0.25, 0.3) is 0 Å². The number of nitrogens with zero attached hydrogens (tertiary/aromatic N) is 3. The fourth-order valence-electron chi connectivity index (χ4n) is 4.54. The number of carboxylic acids is 1. The number of aryl methyl sites for hydroxylation is 1. The summed E-state index contributed by atoms with van der Waals surface area (Å²) in [5.74, 6) is -0.967. The maximum Gasteiger partial charge on any atom is 0.323 e. The highest BCUT2D eigenvalue weighted by molar-refractivity contribution is 5.81. The maximum atomic E-state index is 12.4. The Hall–Kier alpha value is -1.92. The third-order valence-electron chi connectivity index (χ3n) is 6.30. The molecule has 2 aliphatic rings. The lowest BCUT2D eigenvalue weighted by molar-refractivity contribution is -0.144. The van der Waals surface area contributed by atoms with E-state index in [4.69, 9.17) is 5.11 Å². The van der Waals surface area contributed by atoms with E-state index in [2.05, 4.69) is 48.0 Å². The van der Waals surface area contributed by atoms with E-state index in [-0.39, 0.29) is 18.0 Å². The summed E-state index contributed by atoms with van der Waals surface area (Å²) in [6, 6.07) is 8.63. The zero-order valence-corrected chi connectivity index (χ0v) is 16.5. The molecule has 2 fully saturated rings. The Morgan fingerprint density at radius 3 is 2.59 bits per heavy atom. The summed E-state index contributed by atoms with van der Waals surface area (Å²) in [4.78, 5) is 29.8. The number of likely N-dealkylation sites (N-methyl/N-ethyl adjacent to an activating group) is 1. The first-order valence-corrected chi connectivity index (χ1v) is 9.93. The smallest absolute Gasteiger partial charge is 0.323 e. The third-order valence-corrected chi connectivity index (χ3v) is 6.30. The number of carbonyl (C=O) groups is 2. The number of rotatable bonds is 5. The van der Waals surface area contributed by atoms with E-state index in [9.17, 15) is 9.59 Å². The van der Waals surface area contributed by atoms with Crippen molar-refractivity contribution in [3.05, 3.63) is 35.4 Å². The van der Waals surface area contributed by atoms with Gasteiger partial charge in [0.05, 0.1) is 0 Å². The molecule has 3 rings (SSSR count). The quantitative estimate of drug-likeness (QED) is 0.853. The molecule has 0 bridgehead atoms. The average molecular weight is 373 g/mol. The van der Waals surface area contributed by atoms with Crippen LogP contribution in [0.4, 0.5) is 0 Å². The minimum Gasteiger partial charge on any atom is -0.480 e. The molecule has 2 aliphatic heterocycles. The van der Waals surface area contributed by atoms with Crippen LogP contribution in [0.2, 0.25) is 0 Å². The average Bonchev–Trinajstić information content (AvgIpc) is 2.80. The predicted molar refractivity (Wildman–Crippen MR) is 105 cm³/mol. The zero-order valence-electron chi connectivity index (χ0n) is 16.5. The summed E-state index contributed by atoms with van der Waals surface area (Å²) in [5, 5.41) is 9.07. The molecule has 6 nitrogen and oxygen atoms in total. The first kappa shape index (κ1) is 19.8. The minimum absolute atomic E-state index is 0.0314. The standard InChI is InChI=1S/C21H31N3O3/c1-3-17-6-4-5-7-18(17)14-23-13-12-22(2)21(16-23)9-8-19(25)24(11-10-21)15-20(26)27/h4-7H,3,8-16H2,1-2H3,(H,26,27). The van der Waals surface area contributed by atoms with Gasteiger partial charge in [0.1, 0.15) is 6.54 Å². The maximum absolute atomic E-state index is 12.4. The fourth-order valence-corrected chi connectivity index (χ4v) is 4.54. The molecule has 148 valence electrons. The van der Waals surface area contributed by atoms with Gasteiger partial charge in [-0.2, -0.15) is 0 Å². The number of aliphatic carboxylic acids is 1. The summed E-state index contributed by atoms with van der Waals surface area (Å²) in [7, 11) is 2.15. The summed E-state index contributed by atoms with van der Waals surface area (Å²) in [6.07, 6.45) is 3.09. The highest BCUT2D eigenvalue weighted by Crippen LogP contribution is 2.32. The van der Waals surface area contributed by atoms with Crippen molar-refractivity contribution in [3.8, 4) is 0 Å². The van der Waals surface area contributed by atoms with E-state index in [0.717, 1.165) is 45.4 Å². The Morgan fingerprint density at radius 2 is 1.89 bits per heavy atom. The van der Waals surface area contributed by atoms with E-state index >= 15 is 0 Å². The van der Waals surface area contributed by atoms with Crippen LogP contribution in [0.3, 0.4) is 0 Å². The molecular formula is C21H31N3O3. The van der Waals surface area contributed by atoms with Gasteiger partial charge in [-0.3, -0.25) is 19.4 Å². The van der Waals surface area contributed by atoms with E-state index < -0.39 is 5.97 Å². The molecule has 1 aromatic carbocycles. The molecule has 0 aliphatic carbocycles. The van der Waals surface area contributed by atoms with Gasteiger partial charge in [0, 0.05) is 44.7 Å². The van der Waals surface area contributed by atoms with Crippen LogP contribution in [0, 0.1) is 0 Å². The monoisotopic (exact) mass is 373 g/mol. The van der Waals surface area contributed by atoms with Crippen molar-refractivity contribution in [1.29, 1.82) is 0 Å². The molecule has 1 aromatic rings. The van der Waals surface area contributed by atoms with Gasteiger partial charge in [-0.15, -0.1) is 0 Å². The lowest BCUT2D eigenvalue weighted by Crippen LogP contribution is -2.60. The molecular weight excluding hydrogens is 342 g/mol. The number of carboxylic acid groups (broad SMARTS) is 1. The van der Waals surface area contributed by atoms with Gasteiger partial charge in [-0.1, -0.05) is 31.2 Å². The van der Waals surface area contributed by atoms with Gasteiger partial charge in [0.15, 0.2) is 0 Å². The van der Waals surface area contributed by atoms with Crippen LogP contribution in [0.1, 0.15) is 37.3 Å². The highest BCUT2D eigenvalue weighted by atomic mass is 16.4. The lowest BCUT2D eigenvalue weighted by Gasteiger charge is -2.49. The first-order valence-electron chi connectivity index (χ1n) is 9.93. The molecule has 2 saturated heterocycles. The fraction of sp³-hybridized carbons (Fsp3) is 0.619. The number of hydrogen-bond donors (Lipinski definition) is 1. The van der Waals surface area contributed by atoms with Crippen LogP contribution in [-0.2, 0) is 22.6 Å². The molecule has 1 atom stereocenters. The van der Waals surface area contributed by atoms with E-state index in [1.807, 2.05) is 0 Å². The number of amides is 1. The van der Waals surface area contributed by atoms with Crippen LogP contribution in [-0.4, -0.2) is 77.0 Å². The van der Waals surface area contributed by atoms with Crippen molar-refractivity contribution in [1.82, 2.24) is 14.7 Å². The second kappa shape index (κ2) is 8.40. The Balaban J connectivity index is 1.72. The predicted octanol–water partition coefficient (Wildman–Crippen LogP) is 1.83. The van der Waals surface area contributed by atoms with Gasteiger partial charge in [-0.05, 0) is 37.4 Å². The van der Waals surface area contributed by atoms with Crippen LogP contribution >= 0.6 is 0 Å². The SMILES string of the molecule is CCc1ccccc1CN1CCN(C)C2(CCC(=O)N(CC(=O)O)CC2)C1. The summed E-state index contributed by atoms with van der Waals surface area (Å²) in [5.41, 5.74) is 2.73. The van der Waals surface area contributed by atoms with Crippen molar-refractivity contribution in [2.75, 3.05) is 39.8 Å². The molecule has 0 aromatic heterocycles. The van der Waals surface area contributed by atoms with Gasteiger partial charge < -0.3 is 10.0 Å². The van der Waals surface area contributed by atoms with Crippen LogP contribution in [0.15, 0.2) is 24.3 Å². The third kappa shape index (κ3) is 4.50. The molecule has 2 heterocycles. The van der Waals surface area contributed by atoms with Gasteiger partial charge in [0.2, 0.25) is 5.91 Å². The largest absolute Gasteiger partial charge is 0.480 e. The zero-order chi connectivity index (χ0) is 19.4. The van der Waals surface area contributed by atoms with Gasteiger partial charge >= 0.3 is 5.97 Å². The number of benzene rings is 1. The molecule has 6 heteroatoms. The highest BCUT2D eigenvalue weighted by Gasteiger charge is 2.42. The van der Waals surface area contributed by atoms with Crippen molar-refractivity contribution in [2.45, 2.75) is 44.7 Å². The summed E-state index contributed by atoms with van der Waals surface area (Å²) in [6.45, 7) is 6.38. The Kier molecular flexibility index (Phi) is 6.17. The summed E-state index contributed by atoms with van der Waals surface area (Å²) < 4.78 is 0. The van der Waals surface area contributed by atoms with Crippen LogP contribution in [0.5, 0.6) is 0 Å². The van der Waals surface area contributed by atoms with E-state index in [0.29, 0.717) is 13.0 Å².